The van der Waals surface area contributed by atoms with E-state index in [0.29, 0.717) is 30.7 Å². The lowest BCUT2D eigenvalue weighted by molar-refractivity contribution is -0.187. The number of amides is 1. The van der Waals surface area contributed by atoms with Gasteiger partial charge in [0.2, 0.25) is 5.91 Å². The molecule has 9 atom stereocenters. The van der Waals surface area contributed by atoms with Gasteiger partial charge in [0.25, 0.3) is 5.67 Å². The fourth-order valence-corrected chi connectivity index (χ4v) is 7.05. The highest BCUT2D eigenvalue weighted by Crippen LogP contribution is 2.43. The van der Waals surface area contributed by atoms with E-state index in [1.807, 2.05) is 51.1 Å². The van der Waals surface area contributed by atoms with Crippen LogP contribution in [0.3, 0.4) is 0 Å². The Morgan fingerprint density at radius 3 is 2.33 bits per heavy atom. The first-order valence-electron chi connectivity index (χ1n) is 16.1. The highest BCUT2D eigenvalue weighted by atomic mass is 19.1. The zero-order valence-corrected chi connectivity index (χ0v) is 28.3. The first-order chi connectivity index (χ1) is 21.0. The van der Waals surface area contributed by atoms with E-state index in [1.165, 1.54) is 6.92 Å². The minimum Gasteiger partial charge on any atom is -0.457 e. The van der Waals surface area contributed by atoms with E-state index in [2.05, 4.69) is 10.1 Å². The number of esters is 1. The third-order valence-corrected chi connectivity index (χ3v) is 10.1. The number of nitrogens with zero attached hydrogens (tertiary/aromatic N) is 2. The number of hydrogen-bond acceptors (Lipinski definition) is 8. The zero-order valence-electron chi connectivity index (χ0n) is 28.3. The lowest BCUT2D eigenvalue weighted by Gasteiger charge is -2.45. The zero-order chi connectivity index (χ0) is 33.7. The van der Waals surface area contributed by atoms with Gasteiger partial charge in [-0.25, -0.2) is 14.2 Å². The van der Waals surface area contributed by atoms with Crippen molar-refractivity contribution in [3.63, 3.8) is 0 Å². The Morgan fingerprint density at radius 1 is 1.09 bits per heavy atom. The summed E-state index contributed by atoms with van der Waals surface area (Å²) in [4.78, 5) is 49.6. The number of carbonyl (C=O) groups is 3. The van der Waals surface area contributed by atoms with Crippen LogP contribution in [0.4, 0.5) is 4.39 Å². The van der Waals surface area contributed by atoms with Gasteiger partial charge in [-0.15, -0.1) is 0 Å². The molecule has 0 aromatic heterocycles. The maximum atomic E-state index is 16.1. The number of alkyl halides is 1. The highest BCUT2D eigenvalue weighted by molar-refractivity contribution is 6.07. The third-order valence-electron chi connectivity index (χ3n) is 10.1. The van der Waals surface area contributed by atoms with Crippen LogP contribution in [-0.4, -0.2) is 63.8 Å². The van der Waals surface area contributed by atoms with Gasteiger partial charge in [-0.2, -0.15) is 0 Å². The van der Waals surface area contributed by atoms with Crippen LogP contribution in [-0.2, 0) is 35.3 Å². The van der Waals surface area contributed by atoms with E-state index < -0.39 is 58.4 Å². The van der Waals surface area contributed by atoms with Gasteiger partial charge >= 0.3 is 5.97 Å². The molecule has 1 aromatic carbocycles. The molecule has 0 unspecified atom stereocenters. The Morgan fingerprint density at radius 2 is 1.73 bits per heavy atom. The molecule has 9 nitrogen and oxygen atoms in total. The quantitative estimate of drug-likeness (QED) is 0.244. The van der Waals surface area contributed by atoms with Gasteiger partial charge in [0.1, 0.15) is 18.3 Å². The van der Waals surface area contributed by atoms with E-state index in [1.54, 1.807) is 27.7 Å². The Balaban J connectivity index is 2.24. The van der Waals surface area contributed by atoms with Crippen LogP contribution in [0.25, 0.3) is 0 Å². The van der Waals surface area contributed by atoms with Crippen LogP contribution in [0.15, 0.2) is 40.5 Å². The fourth-order valence-electron chi connectivity index (χ4n) is 7.05. The van der Waals surface area contributed by atoms with Gasteiger partial charge < -0.3 is 19.4 Å². The summed E-state index contributed by atoms with van der Waals surface area (Å²) in [6, 6.07) is 9.62. The van der Waals surface area contributed by atoms with Gasteiger partial charge in [-0.3, -0.25) is 9.59 Å². The van der Waals surface area contributed by atoms with Crippen molar-refractivity contribution in [2.75, 3.05) is 6.61 Å². The smallest absolute Gasteiger partial charge is 0.351 e. The van der Waals surface area contributed by atoms with Crippen molar-refractivity contribution < 1.29 is 38.2 Å². The minimum atomic E-state index is -2.94. The molecule has 2 aliphatic heterocycles. The molecule has 1 aromatic rings. The average Bonchev–Trinajstić information content (AvgIpc) is 3.00. The molecule has 10 heteroatoms. The summed E-state index contributed by atoms with van der Waals surface area (Å²) in [6.45, 7) is 15.0. The number of rotatable bonds is 4. The molecule has 2 bridgehead atoms. The van der Waals surface area contributed by atoms with Crippen LogP contribution in [0, 0.1) is 29.6 Å². The summed E-state index contributed by atoms with van der Waals surface area (Å²) in [5.74, 6) is -5.53. The molecule has 45 heavy (non-hydrogen) atoms. The second kappa shape index (κ2) is 14.6. The van der Waals surface area contributed by atoms with Gasteiger partial charge in [0.05, 0.1) is 17.9 Å². The van der Waals surface area contributed by atoms with Crippen LogP contribution < -0.4 is 0 Å². The van der Waals surface area contributed by atoms with Crippen molar-refractivity contribution in [3.05, 3.63) is 35.9 Å². The normalized spacial score (nSPS) is 39.0. The van der Waals surface area contributed by atoms with E-state index in [-0.39, 0.29) is 31.5 Å². The monoisotopic (exact) mass is 630 g/mol. The number of carbonyl (C=O) groups excluding carboxylic acids is 3. The van der Waals surface area contributed by atoms with Crippen LogP contribution in [0.2, 0.25) is 0 Å². The molecule has 0 aliphatic carbocycles. The number of ether oxygens (including phenoxy) is 2. The Hall–Kier alpha value is -2.98. The molecule has 1 amide bonds. The number of aliphatic imine (C=N–C) groups is 1. The minimum absolute atomic E-state index is 0.0607. The topological polar surface area (TPSA) is 124 Å². The summed E-state index contributed by atoms with van der Waals surface area (Å²) in [5, 5.41) is 16.7. The van der Waals surface area contributed by atoms with Crippen molar-refractivity contribution in [2.45, 2.75) is 118 Å². The lowest BCUT2D eigenvalue weighted by atomic mass is 9.67. The van der Waals surface area contributed by atoms with E-state index in [0.717, 1.165) is 12.5 Å². The number of hydrogen-bond donors (Lipinski definition) is 1. The number of benzene rings is 1. The van der Waals surface area contributed by atoms with Gasteiger partial charge in [0, 0.05) is 24.5 Å². The molecular formula is C35H51FN2O7. The van der Waals surface area contributed by atoms with Crippen LogP contribution in [0.1, 0.15) is 93.6 Å². The molecule has 0 spiro atoms. The van der Waals surface area contributed by atoms with Crippen molar-refractivity contribution in [3.8, 4) is 0 Å². The summed E-state index contributed by atoms with van der Waals surface area (Å²) in [5.41, 5.74) is -3.55. The SMILES string of the molecule is CC[C@H]1OC(=O)[C@@](C)(F)C(=O)[C@H](C)[C@@H](C)[C@@]2(C)C[C@@H](C)C(=NC(C)=O)[C@H](C)[C@@H](CC/C(=N\OCc3ccccc3)CO2)[C@]1(C)O. The van der Waals surface area contributed by atoms with Crippen LogP contribution in [0.5, 0.6) is 0 Å². The summed E-state index contributed by atoms with van der Waals surface area (Å²) < 4.78 is 28.4. The van der Waals surface area contributed by atoms with E-state index in [9.17, 15) is 19.5 Å². The largest absolute Gasteiger partial charge is 0.457 e. The number of oxime groups is 1. The van der Waals surface area contributed by atoms with Gasteiger partial charge in [0.15, 0.2) is 5.78 Å². The number of halogens is 1. The number of ketones is 1. The van der Waals surface area contributed by atoms with Crippen molar-refractivity contribution in [1.82, 2.24) is 0 Å². The van der Waals surface area contributed by atoms with E-state index in [4.69, 9.17) is 14.3 Å². The summed E-state index contributed by atoms with van der Waals surface area (Å²) in [6.07, 6.45) is 0.0457. The average molecular weight is 631 g/mol. The molecule has 3 rings (SSSR count). The predicted octanol–water partition coefficient (Wildman–Crippen LogP) is 6.05. The van der Waals surface area contributed by atoms with Gasteiger partial charge in [-0.05, 0) is 69.8 Å². The Labute approximate surface area is 267 Å². The van der Waals surface area contributed by atoms with Crippen molar-refractivity contribution >= 4 is 29.1 Å². The number of cyclic esters (lactones) is 1. The highest BCUT2D eigenvalue weighted by Gasteiger charge is 2.53. The first kappa shape index (κ1) is 36.5. The second-order valence-corrected chi connectivity index (χ2v) is 13.6. The maximum absolute atomic E-state index is 16.1. The lowest BCUT2D eigenvalue weighted by Crippen LogP contribution is -2.56. The number of Topliss-reactive ketones (excluding diaryl/α,β-unsaturated/α-hetero) is 1. The van der Waals surface area contributed by atoms with Gasteiger partial charge in [-0.1, -0.05) is 70.1 Å². The molecule has 0 saturated carbocycles. The molecule has 2 fully saturated rings. The molecule has 2 heterocycles. The second-order valence-electron chi connectivity index (χ2n) is 13.6. The molecule has 1 N–H and O–H groups in total. The molecule has 2 saturated heterocycles. The Kier molecular flexibility index (Phi) is 11.9. The molecule has 0 radical (unpaired) electrons. The molecule has 250 valence electrons. The Bertz CT molecular complexity index is 1280. The predicted molar refractivity (Wildman–Crippen MR) is 170 cm³/mol. The number of fused-ring (bicyclic) bond motifs is 5. The summed E-state index contributed by atoms with van der Waals surface area (Å²) in [7, 11) is 0. The van der Waals surface area contributed by atoms with Crippen molar-refractivity contribution in [1.29, 1.82) is 0 Å². The molecular weight excluding hydrogens is 579 g/mol. The maximum Gasteiger partial charge on any atom is 0.351 e. The van der Waals surface area contributed by atoms with E-state index >= 15 is 4.39 Å². The van der Waals surface area contributed by atoms with Crippen molar-refractivity contribution in [2.24, 2.45) is 39.7 Å². The standard InChI is InChI=1S/C35H51FN2O7/c1-10-29-35(9,42)28-17-16-27(38-44-19-26-14-12-11-13-15-26)20-43-33(7,18-21(2)30(23(28)4)37-25(6)39)24(5)22(3)31(40)34(8,36)32(41)45-29/h11-15,21-24,28-29,42H,10,16-20H2,1-9H3/b37-30?,38-27+/t21-,22-,23-,24-,28-,29-,33-,34+,35+/m1/s1. The first-order valence-corrected chi connectivity index (χ1v) is 16.1. The summed E-state index contributed by atoms with van der Waals surface area (Å²) >= 11 is 0. The van der Waals surface area contributed by atoms with Crippen LogP contribution >= 0.6 is 0 Å². The fraction of sp³-hybridized carbons (Fsp3) is 0.686. The number of aliphatic hydroxyl groups is 1. The third kappa shape index (κ3) is 8.25. The molecule has 2 aliphatic rings.